The number of hydrogen-bond donors (Lipinski definition) is 1. The Labute approximate surface area is 114 Å². The number of ether oxygens (including phenoxy) is 1. The van der Waals surface area contributed by atoms with E-state index in [1.807, 2.05) is 6.92 Å². The lowest BCUT2D eigenvalue weighted by atomic mass is 10.2. The lowest BCUT2D eigenvalue weighted by Gasteiger charge is -2.09. The Morgan fingerprint density at radius 2 is 2.33 bits per heavy atom. The van der Waals surface area contributed by atoms with Gasteiger partial charge in [0.15, 0.2) is 0 Å². The lowest BCUT2D eigenvalue weighted by molar-refractivity contribution is -0.385. The molecular weight excluding hydrogens is 302 g/mol. The Balaban J connectivity index is 2.62. The third-order valence-electron chi connectivity index (χ3n) is 2.40. The van der Waals surface area contributed by atoms with E-state index >= 15 is 0 Å². The minimum atomic E-state index is -0.439. The van der Waals surface area contributed by atoms with E-state index < -0.39 is 4.92 Å². The summed E-state index contributed by atoms with van der Waals surface area (Å²) in [4.78, 5) is 14.3. The van der Waals surface area contributed by atoms with Gasteiger partial charge < -0.3 is 10.1 Å². The fourth-order valence-corrected chi connectivity index (χ4v) is 1.85. The summed E-state index contributed by atoms with van der Waals surface area (Å²) in [5, 5.41) is 13.8. The van der Waals surface area contributed by atoms with Gasteiger partial charge in [0, 0.05) is 25.3 Å². The van der Waals surface area contributed by atoms with Gasteiger partial charge in [-0.05, 0) is 36.2 Å². The topological polar surface area (TPSA) is 77.3 Å². The third-order valence-corrected chi connectivity index (χ3v) is 3.37. The van der Waals surface area contributed by atoms with Gasteiger partial charge >= 0.3 is 0 Å². The van der Waals surface area contributed by atoms with Crippen molar-refractivity contribution in [2.24, 2.45) is 0 Å². The first-order valence-corrected chi connectivity index (χ1v) is 6.48. The summed E-state index contributed by atoms with van der Waals surface area (Å²) in [6.45, 7) is 5.75. The molecule has 0 bridgehead atoms. The van der Waals surface area contributed by atoms with Crippen molar-refractivity contribution in [3.05, 3.63) is 26.3 Å². The van der Waals surface area contributed by atoms with E-state index in [1.165, 1.54) is 6.20 Å². The number of rotatable bonds is 7. The van der Waals surface area contributed by atoms with E-state index in [4.69, 9.17) is 4.74 Å². The molecule has 7 heteroatoms. The van der Waals surface area contributed by atoms with Crippen molar-refractivity contribution in [1.82, 2.24) is 4.98 Å². The zero-order chi connectivity index (χ0) is 13.5. The largest absolute Gasteiger partial charge is 0.382 e. The molecule has 0 unspecified atom stereocenters. The zero-order valence-electron chi connectivity index (χ0n) is 10.4. The van der Waals surface area contributed by atoms with Crippen molar-refractivity contribution >= 4 is 27.4 Å². The number of nitrogens with one attached hydrogen (secondary N) is 1. The van der Waals surface area contributed by atoms with E-state index in [0.29, 0.717) is 35.6 Å². The number of aromatic nitrogens is 1. The minimum Gasteiger partial charge on any atom is -0.382 e. The molecule has 1 aromatic rings. The number of nitrogens with zero attached hydrogens (tertiary/aromatic N) is 2. The fourth-order valence-electron chi connectivity index (χ4n) is 1.40. The van der Waals surface area contributed by atoms with Crippen LogP contribution in [0.3, 0.4) is 0 Å². The summed E-state index contributed by atoms with van der Waals surface area (Å²) in [6.07, 6.45) is 2.13. The van der Waals surface area contributed by atoms with Crippen LogP contribution in [0.4, 0.5) is 11.5 Å². The molecule has 6 nitrogen and oxygen atoms in total. The average molecular weight is 318 g/mol. The summed E-state index contributed by atoms with van der Waals surface area (Å²) in [5.41, 5.74) is 0.587. The van der Waals surface area contributed by atoms with E-state index in [1.54, 1.807) is 6.92 Å². The Kier molecular flexibility index (Phi) is 6.00. The molecule has 0 amide bonds. The predicted molar refractivity (Wildman–Crippen MR) is 72.9 cm³/mol. The molecule has 1 heterocycles. The van der Waals surface area contributed by atoms with Crippen LogP contribution in [0.25, 0.3) is 0 Å². The number of anilines is 1. The highest BCUT2D eigenvalue weighted by Crippen LogP contribution is 2.30. The molecule has 0 aliphatic rings. The number of hydrogen-bond acceptors (Lipinski definition) is 5. The standard InChI is InChI=1S/C11H16BrN3O3/c1-3-18-6-4-5-13-11-10(12)8(2)9(7-14-11)15(16)17/h7H,3-6H2,1-2H3,(H,13,14). The summed E-state index contributed by atoms with van der Waals surface area (Å²) < 4.78 is 5.85. The first-order chi connectivity index (χ1) is 8.57. The Hall–Kier alpha value is -1.21. The molecule has 1 rings (SSSR count). The molecule has 100 valence electrons. The summed E-state index contributed by atoms with van der Waals surface area (Å²) in [6, 6.07) is 0. The van der Waals surface area contributed by atoms with Crippen molar-refractivity contribution in [3.8, 4) is 0 Å². The minimum absolute atomic E-state index is 0.0155. The van der Waals surface area contributed by atoms with Crippen LogP contribution in [0, 0.1) is 17.0 Å². The van der Waals surface area contributed by atoms with Gasteiger partial charge in [-0.2, -0.15) is 0 Å². The number of nitro groups is 1. The van der Waals surface area contributed by atoms with Crippen molar-refractivity contribution < 1.29 is 9.66 Å². The molecule has 0 radical (unpaired) electrons. The van der Waals surface area contributed by atoms with Crippen LogP contribution in [0.1, 0.15) is 18.9 Å². The van der Waals surface area contributed by atoms with E-state index in [9.17, 15) is 10.1 Å². The molecule has 18 heavy (non-hydrogen) atoms. The maximum atomic E-state index is 10.7. The highest BCUT2D eigenvalue weighted by Gasteiger charge is 2.16. The zero-order valence-corrected chi connectivity index (χ0v) is 12.0. The summed E-state index contributed by atoms with van der Waals surface area (Å²) >= 11 is 3.32. The van der Waals surface area contributed by atoms with Gasteiger partial charge in [-0.3, -0.25) is 10.1 Å². The van der Waals surface area contributed by atoms with Crippen LogP contribution in [0.15, 0.2) is 10.7 Å². The van der Waals surface area contributed by atoms with Crippen LogP contribution in [0.2, 0.25) is 0 Å². The SMILES string of the molecule is CCOCCCNc1ncc([N+](=O)[O-])c(C)c1Br. The van der Waals surface area contributed by atoms with Gasteiger partial charge in [0.2, 0.25) is 0 Å². The highest BCUT2D eigenvalue weighted by molar-refractivity contribution is 9.10. The Morgan fingerprint density at radius 3 is 2.94 bits per heavy atom. The molecule has 1 aromatic heterocycles. The van der Waals surface area contributed by atoms with Crippen molar-refractivity contribution in [3.63, 3.8) is 0 Å². The second-order valence-corrected chi connectivity index (χ2v) is 4.46. The van der Waals surface area contributed by atoms with Crippen molar-refractivity contribution in [2.75, 3.05) is 25.1 Å². The van der Waals surface area contributed by atoms with Gasteiger partial charge in [-0.15, -0.1) is 0 Å². The first kappa shape index (κ1) is 14.8. The molecule has 1 N–H and O–H groups in total. The highest BCUT2D eigenvalue weighted by atomic mass is 79.9. The van der Waals surface area contributed by atoms with E-state index in [0.717, 1.165) is 6.42 Å². The van der Waals surface area contributed by atoms with E-state index in [2.05, 4.69) is 26.2 Å². The fraction of sp³-hybridized carbons (Fsp3) is 0.545. The van der Waals surface area contributed by atoms with Gasteiger partial charge in [0.1, 0.15) is 12.0 Å². The molecule has 0 aromatic carbocycles. The smallest absolute Gasteiger partial charge is 0.291 e. The predicted octanol–water partition coefficient (Wildman–Crippen LogP) is 2.90. The molecule has 0 aliphatic heterocycles. The maximum Gasteiger partial charge on any atom is 0.291 e. The Morgan fingerprint density at radius 1 is 1.61 bits per heavy atom. The molecule has 0 saturated carbocycles. The van der Waals surface area contributed by atoms with Gasteiger partial charge in [-0.1, -0.05) is 0 Å². The van der Waals surface area contributed by atoms with Crippen molar-refractivity contribution in [1.29, 1.82) is 0 Å². The molecular formula is C11H16BrN3O3. The first-order valence-electron chi connectivity index (χ1n) is 5.69. The quantitative estimate of drug-likeness (QED) is 0.475. The Bertz CT molecular complexity index is 426. The number of pyridine rings is 1. The molecule has 0 spiro atoms. The summed E-state index contributed by atoms with van der Waals surface area (Å²) in [5.74, 6) is 0.620. The van der Waals surface area contributed by atoms with Gasteiger partial charge in [0.05, 0.1) is 9.40 Å². The summed E-state index contributed by atoms with van der Waals surface area (Å²) in [7, 11) is 0. The van der Waals surface area contributed by atoms with Crippen LogP contribution in [0.5, 0.6) is 0 Å². The molecule has 0 atom stereocenters. The molecule has 0 fully saturated rings. The van der Waals surface area contributed by atoms with Crippen LogP contribution < -0.4 is 5.32 Å². The van der Waals surface area contributed by atoms with E-state index in [-0.39, 0.29) is 5.69 Å². The lowest BCUT2D eigenvalue weighted by Crippen LogP contribution is -2.08. The van der Waals surface area contributed by atoms with Crippen LogP contribution in [-0.4, -0.2) is 29.7 Å². The monoisotopic (exact) mass is 317 g/mol. The maximum absolute atomic E-state index is 10.7. The average Bonchev–Trinajstić information content (AvgIpc) is 2.33. The molecule has 0 aliphatic carbocycles. The van der Waals surface area contributed by atoms with Crippen molar-refractivity contribution in [2.45, 2.75) is 20.3 Å². The van der Waals surface area contributed by atoms with Crippen LogP contribution >= 0.6 is 15.9 Å². The van der Waals surface area contributed by atoms with Gasteiger partial charge in [-0.25, -0.2) is 4.98 Å². The molecule has 0 saturated heterocycles. The van der Waals surface area contributed by atoms with Gasteiger partial charge in [0.25, 0.3) is 5.69 Å². The normalized spacial score (nSPS) is 10.4. The third kappa shape index (κ3) is 3.92. The number of halogens is 1. The van der Waals surface area contributed by atoms with Crippen LogP contribution in [-0.2, 0) is 4.74 Å². The second kappa shape index (κ2) is 7.27. The second-order valence-electron chi connectivity index (χ2n) is 3.67.